The van der Waals surface area contributed by atoms with Crippen molar-refractivity contribution >= 4 is 15.9 Å². The number of halogens is 2. The lowest BCUT2D eigenvalue weighted by Crippen LogP contribution is -2.26. The van der Waals surface area contributed by atoms with Gasteiger partial charge in [-0.05, 0) is 29.5 Å². The van der Waals surface area contributed by atoms with Crippen molar-refractivity contribution in [2.45, 2.75) is 25.7 Å². The van der Waals surface area contributed by atoms with Gasteiger partial charge in [-0.2, -0.15) is 0 Å². The van der Waals surface area contributed by atoms with Crippen LogP contribution in [0.15, 0.2) is 22.7 Å². The van der Waals surface area contributed by atoms with Crippen LogP contribution < -0.4 is 5.73 Å². The van der Waals surface area contributed by atoms with Crippen LogP contribution in [0.1, 0.15) is 25.8 Å². The Morgan fingerprint density at radius 1 is 1.47 bits per heavy atom. The Labute approximate surface area is 98.0 Å². The molecule has 1 aromatic rings. The zero-order chi connectivity index (χ0) is 11.3. The van der Waals surface area contributed by atoms with Crippen molar-refractivity contribution in [1.82, 2.24) is 0 Å². The van der Waals surface area contributed by atoms with Gasteiger partial charge in [-0.25, -0.2) is 4.39 Å². The third kappa shape index (κ3) is 1.53. The van der Waals surface area contributed by atoms with Crippen molar-refractivity contribution in [1.29, 1.82) is 0 Å². The first-order chi connectivity index (χ1) is 6.93. The predicted molar refractivity (Wildman–Crippen MR) is 63.2 cm³/mol. The van der Waals surface area contributed by atoms with E-state index in [1.807, 2.05) is 12.1 Å². The van der Waals surface area contributed by atoms with E-state index < -0.39 is 0 Å². The van der Waals surface area contributed by atoms with Crippen LogP contribution in [0.25, 0.3) is 0 Å². The smallest absolute Gasteiger partial charge is 0.128 e. The van der Waals surface area contributed by atoms with Gasteiger partial charge in [0.05, 0.1) is 0 Å². The Kier molecular flexibility index (Phi) is 2.43. The van der Waals surface area contributed by atoms with Crippen LogP contribution in [-0.2, 0) is 5.41 Å². The van der Waals surface area contributed by atoms with E-state index in [9.17, 15) is 4.39 Å². The first-order valence-electron chi connectivity index (χ1n) is 5.08. The highest BCUT2D eigenvalue weighted by Gasteiger charge is 2.61. The number of hydrogen-bond acceptors (Lipinski definition) is 1. The van der Waals surface area contributed by atoms with E-state index in [4.69, 9.17) is 5.73 Å². The fourth-order valence-corrected chi connectivity index (χ4v) is 2.84. The number of hydrogen-bond donors (Lipinski definition) is 1. The molecule has 2 N–H and O–H groups in total. The van der Waals surface area contributed by atoms with Crippen LogP contribution in [0.2, 0.25) is 0 Å². The number of benzene rings is 1. The van der Waals surface area contributed by atoms with E-state index in [2.05, 4.69) is 29.8 Å². The van der Waals surface area contributed by atoms with Gasteiger partial charge in [0.15, 0.2) is 0 Å². The average molecular weight is 272 g/mol. The van der Waals surface area contributed by atoms with E-state index in [0.29, 0.717) is 6.54 Å². The SMILES string of the molecule is CC1(C)CC1(CN)c1ccc(Br)cc1F. The van der Waals surface area contributed by atoms with Gasteiger partial charge in [0.25, 0.3) is 0 Å². The minimum atomic E-state index is -0.155. The minimum absolute atomic E-state index is 0.121. The molecule has 0 spiro atoms. The second kappa shape index (κ2) is 3.29. The molecule has 1 saturated carbocycles. The maximum Gasteiger partial charge on any atom is 0.128 e. The maximum atomic E-state index is 13.8. The summed E-state index contributed by atoms with van der Waals surface area (Å²) in [5.74, 6) is -0.152. The molecular weight excluding hydrogens is 257 g/mol. The second-order valence-corrected chi connectivity index (χ2v) is 5.89. The van der Waals surface area contributed by atoms with Gasteiger partial charge in [-0.15, -0.1) is 0 Å². The first-order valence-corrected chi connectivity index (χ1v) is 5.88. The maximum absolute atomic E-state index is 13.8. The molecule has 0 aromatic heterocycles. The lowest BCUT2D eigenvalue weighted by Gasteiger charge is -2.19. The summed E-state index contributed by atoms with van der Waals surface area (Å²) < 4.78 is 14.6. The normalized spacial score (nSPS) is 27.8. The molecule has 2 rings (SSSR count). The molecule has 1 atom stereocenters. The second-order valence-electron chi connectivity index (χ2n) is 4.97. The summed E-state index contributed by atoms with van der Waals surface area (Å²) in [6, 6.07) is 5.24. The Bertz CT molecular complexity index is 403. The van der Waals surface area contributed by atoms with Crippen LogP contribution in [0, 0.1) is 11.2 Å². The van der Waals surface area contributed by atoms with E-state index in [1.54, 1.807) is 0 Å². The molecule has 15 heavy (non-hydrogen) atoms. The average Bonchev–Trinajstić information content (AvgIpc) is 2.69. The summed E-state index contributed by atoms with van der Waals surface area (Å²) in [5.41, 5.74) is 6.53. The standard InChI is InChI=1S/C12H15BrFN/c1-11(2)6-12(11,7-15)9-4-3-8(13)5-10(9)14/h3-5H,6-7,15H2,1-2H3. The molecule has 1 aromatic carbocycles. The summed E-state index contributed by atoms with van der Waals surface area (Å²) in [4.78, 5) is 0. The van der Waals surface area contributed by atoms with Crippen molar-refractivity contribution < 1.29 is 4.39 Å². The number of rotatable bonds is 2. The Hall–Kier alpha value is -0.410. The van der Waals surface area contributed by atoms with Crippen LogP contribution in [0.5, 0.6) is 0 Å². The van der Waals surface area contributed by atoms with Crippen molar-refractivity contribution in [3.63, 3.8) is 0 Å². The third-order valence-corrected chi connectivity index (χ3v) is 4.20. The van der Waals surface area contributed by atoms with Crippen molar-refractivity contribution in [2.24, 2.45) is 11.1 Å². The van der Waals surface area contributed by atoms with E-state index in [-0.39, 0.29) is 16.6 Å². The number of nitrogens with two attached hydrogens (primary N) is 1. The van der Waals surface area contributed by atoms with Gasteiger partial charge in [-0.1, -0.05) is 35.8 Å². The van der Waals surface area contributed by atoms with Gasteiger partial charge >= 0.3 is 0 Å². The fourth-order valence-electron chi connectivity index (χ4n) is 2.51. The fraction of sp³-hybridized carbons (Fsp3) is 0.500. The molecule has 0 amide bonds. The topological polar surface area (TPSA) is 26.0 Å². The zero-order valence-corrected chi connectivity index (χ0v) is 10.6. The Balaban J connectivity index is 2.46. The lowest BCUT2D eigenvalue weighted by molar-refractivity contribution is 0.477. The van der Waals surface area contributed by atoms with Gasteiger partial charge in [0, 0.05) is 16.4 Å². The summed E-state index contributed by atoms with van der Waals surface area (Å²) in [6.07, 6.45) is 0.967. The highest BCUT2D eigenvalue weighted by molar-refractivity contribution is 9.10. The summed E-state index contributed by atoms with van der Waals surface area (Å²) in [6.45, 7) is 4.79. The summed E-state index contributed by atoms with van der Waals surface area (Å²) in [7, 11) is 0. The first kappa shape index (κ1) is 11.1. The summed E-state index contributed by atoms with van der Waals surface area (Å²) in [5, 5.41) is 0. The molecular formula is C12H15BrFN. The molecule has 0 saturated heterocycles. The molecule has 1 aliphatic carbocycles. The van der Waals surface area contributed by atoms with E-state index in [0.717, 1.165) is 16.5 Å². The third-order valence-electron chi connectivity index (χ3n) is 3.71. The molecule has 1 unspecified atom stereocenters. The van der Waals surface area contributed by atoms with Crippen LogP contribution >= 0.6 is 15.9 Å². The molecule has 82 valence electrons. The van der Waals surface area contributed by atoms with Gasteiger partial charge < -0.3 is 5.73 Å². The summed E-state index contributed by atoms with van der Waals surface area (Å²) >= 11 is 3.26. The lowest BCUT2D eigenvalue weighted by atomic mass is 9.88. The van der Waals surface area contributed by atoms with Crippen LogP contribution in [0.4, 0.5) is 4.39 Å². The van der Waals surface area contributed by atoms with Crippen molar-refractivity contribution in [3.8, 4) is 0 Å². The highest BCUT2D eigenvalue weighted by Crippen LogP contribution is 2.64. The largest absolute Gasteiger partial charge is 0.330 e. The van der Waals surface area contributed by atoms with Gasteiger partial charge in [-0.3, -0.25) is 0 Å². The van der Waals surface area contributed by atoms with Gasteiger partial charge in [0.2, 0.25) is 0 Å². The quantitative estimate of drug-likeness (QED) is 0.879. The monoisotopic (exact) mass is 271 g/mol. The van der Waals surface area contributed by atoms with E-state index >= 15 is 0 Å². The molecule has 1 fully saturated rings. The molecule has 0 radical (unpaired) electrons. The molecule has 0 aliphatic heterocycles. The Morgan fingerprint density at radius 2 is 2.07 bits per heavy atom. The van der Waals surface area contributed by atoms with Crippen molar-refractivity contribution in [2.75, 3.05) is 6.54 Å². The van der Waals surface area contributed by atoms with Crippen LogP contribution in [0.3, 0.4) is 0 Å². The molecule has 0 heterocycles. The van der Waals surface area contributed by atoms with Gasteiger partial charge in [0.1, 0.15) is 5.82 Å². The zero-order valence-electron chi connectivity index (χ0n) is 8.98. The Morgan fingerprint density at radius 3 is 2.47 bits per heavy atom. The van der Waals surface area contributed by atoms with E-state index in [1.165, 1.54) is 6.07 Å². The molecule has 1 aliphatic rings. The molecule has 0 bridgehead atoms. The molecule has 3 heteroatoms. The van der Waals surface area contributed by atoms with Crippen LogP contribution in [-0.4, -0.2) is 6.54 Å². The van der Waals surface area contributed by atoms with Crippen molar-refractivity contribution in [3.05, 3.63) is 34.1 Å². The molecule has 1 nitrogen and oxygen atoms in total. The minimum Gasteiger partial charge on any atom is -0.330 e. The predicted octanol–water partition coefficient (Wildman–Crippen LogP) is 3.21. The highest BCUT2D eigenvalue weighted by atomic mass is 79.9.